The standard InChI is InChI=1S/C15H15FN2O2S/c1-3-5-10-8-13(20)18-15(17-10)21-14-11(9(2)19)6-4-7-12(14)16/h4,6-8H,3,5H2,1-2H3,(H,17,18,20). The molecule has 1 aromatic carbocycles. The van der Waals surface area contributed by atoms with Gasteiger partial charge in [-0.1, -0.05) is 25.5 Å². The molecule has 0 saturated heterocycles. The fourth-order valence-electron chi connectivity index (χ4n) is 1.90. The molecular weight excluding hydrogens is 291 g/mol. The quantitative estimate of drug-likeness (QED) is 0.680. The first-order valence-corrected chi connectivity index (χ1v) is 7.40. The Balaban J connectivity index is 2.43. The van der Waals surface area contributed by atoms with Gasteiger partial charge in [0.05, 0.1) is 4.90 Å². The lowest BCUT2D eigenvalue weighted by Crippen LogP contribution is -2.10. The largest absolute Gasteiger partial charge is 0.301 e. The van der Waals surface area contributed by atoms with Crippen molar-refractivity contribution in [1.82, 2.24) is 9.97 Å². The summed E-state index contributed by atoms with van der Waals surface area (Å²) in [5, 5.41) is 0.290. The van der Waals surface area contributed by atoms with Crippen molar-refractivity contribution >= 4 is 17.5 Å². The van der Waals surface area contributed by atoms with Crippen molar-refractivity contribution < 1.29 is 9.18 Å². The van der Waals surface area contributed by atoms with Gasteiger partial charge < -0.3 is 4.98 Å². The van der Waals surface area contributed by atoms with Crippen molar-refractivity contribution in [3.05, 3.63) is 51.7 Å². The number of aromatic nitrogens is 2. The van der Waals surface area contributed by atoms with Crippen LogP contribution in [0.4, 0.5) is 4.39 Å². The highest BCUT2D eigenvalue weighted by Crippen LogP contribution is 2.30. The molecule has 0 radical (unpaired) electrons. The van der Waals surface area contributed by atoms with Crippen molar-refractivity contribution in [2.75, 3.05) is 0 Å². The summed E-state index contributed by atoms with van der Waals surface area (Å²) in [5.41, 5.74) is 0.657. The third-order valence-corrected chi connectivity index (χ3v) is 3.83. The van der Waals surface area contributed by atoms with E-state index in [1.807, 2.05) is 6.92 Å². The molecule has 0 unspecified atom stereocenters. The average Bonchev–Trinajstić information content (AvgIpc) is 2.40. The molecule has 110 valence electrons. The Kier molecular flexibility index (Phi) is 4.90. The molecule has 0 spiro atoms. The topological polar surface area (TPSA) is 62.8 Å². The van der Waals surface area contributed by atoms with Gasteiger partial charge in [0.2, 0.25) is 0 Å². The molecule has 1 N–H and O–H groups in total. The van der Waals surface area contributed by atoms with Gasteiger partial charge in [-0.3, -0.25) is 9.59 Å². The molecule has 6 heteroatoms. The third-order valence-electron chi connectivity index (χ3n) is 2.82. The zero-order chi connectivity index (χ0) is 15.4. The fourth-order valence-corrected chi connectivity index (χ4v) is 2.90. The van der Waals surface area contributed by atoms with E-state index in [1.165, 1.54) is 25.1 Å². The van der Waals surface area contributed by atoms with Crippen molar-refractivity contribution in [1.29, 1.82) is 0 Å². The number of H-pyrrole nitrogens is 1. The summed E-state index contributed by atoms with van der Waals surface area (Å²) in [6.07, 6.45) is 1.53. The number of Topliss-reactive ketones (excluding diaryl/α,β-unsaturated/α-hetero) is 1. The second-order valence-electron chi connectivity index (χ2n) is 4.57. The van der Waals surface area contributed by atoms with Crippen LogP contribution in [-0.2, 0) is 6.42 Å². The lowest BCUT2D eigenvalue weighted by Gasteiger charge is -2.08. The van der Waals surface area contributed by atoms with E-state index in [-0.39, 0.29) is 21.8 Å². The Labute approximate surface area is 125 Å². The minimum absolute atomic E-state index is 0.182. The normalized spacial score (nSPS) is 10.6. The number of nitrogens with one attached hydrogen (secondary N) is 1. The summed E-state index contributed by atoms with van der Waals surface area (Å²) in [5.74, 6) is -0.736. The molecule has 0 aliphatic heterocycles. The van der Waals surface area contributed by atoms with Gasteiger partial charge in [0.1, 0.15) is 5.82 Å². The second kappa shape index (κ2) is 6.67. The van der Waals surface area contributed by atoms with Crippen molar-refractivity contribution in [3.63, 3.8) is 0 Å². The fraction of sp³-hybridized carbons (Fsp3) is 0.267. The predicted molar refractivity (Wildman–Crippen MR) is 79.4 cm³/mol. The number of hydrogen-bond acceptors (Lipinski definition) is 4. The van der Waals surface area contributed by atoms with Crippen LogP contribution in [0.3, 0.4) is 0 Å². The Morgan fingerprint density at radius 3 is 2.86 bits per heavy atom. The van der Waals surface area contributed by atoms with Gasteiger partial charge in [-0.15, -0.1) is 0 Å². The zero-order valence-electron chi connectivity index (χ0n) is 11.8. The molecule has 0 saturated carbocycles. The first kappa shape index (κ1) is 15.4. The number of carbonyl (C=O) groups is 1. The molecule has 0 aliphatic rings. The van der Waals surface area contributed by atoms with Crippen LogP contribution in [0.25, 0.3) is 0 Å². The van der Waals surface area contributed by atoms with Crippen LogP contribution < -0.4 is 5.56 Å². The van der Waals surface area contributed by atoms with Gasteiger partial charge in [-0.05, 0) is 31.2 Å². The lowest BCUT2D eigenvalue weighted by atomic mass is 10.1. The number of aryl methyl sites for hydroxylation is 1. The number of carbonyl (C=O) groups excluding carboxylic acids is 1. The van der Waals surface area contributed by atoms with Crippen molar-refractivity contribution in [3.8, 4) is 0 Å². The molecular formula is C15H15FN2O2S. The molecule has 4 nitrogen and oxygen atoms in total. The Bertz CT molecular complexity index is 728. The van der Waals surface area contributed by atoms with E-state index in [0.717, 1.165) is 18.2 Å². The van der Waals surface area contributed by atoms with E-state index in [4.69, 9.17) is 0 Å². The minimum Gasteiger partial charge on any atom is -0.301 e. The zero-order valence-corrected chi connectivity index (χ0v) is 12.6. The SMILES string of the molecule is CCCc1cc(=O)[nH]c(Sc2c(F)cccc2C(C)=O)n1. The van der Waals surface area contributed by atoms with Crippen LogP contribution in [0.1, 0.15) is 36.3 Å². The number of rotatable bonds is 5. The number of halogens is 1. The number of hydrogen-bond donors (Lipinski definition) is 1. The maximum Gasteiger partial charge on any atom is 0.251 e. The van der Waals surface area contributed by atoms with Crippen molar-refractivity contribution in [2.45, 2.75) is 36.7 Å². The van der Waals surface area contributed by atoms with Gasteiger partial charge in [-0.25, -0.2) is 9.37 Å². The smallest absolute Gasteiger partial charge is 0.251 e. The molecule has 2 rings (SSSR count). The Morgan fingerprint density at radius 2 is 2.19 bits per heavy atom. The van der Waals surface area contributed by atoms with Crippen LogP contribution in [0.2, 0.25) is 0 Å². The van der Waals surface area contributed by atoms with Gasteiger partial charge in [0.15, 0.2) is 10.9 Å². The maximum atomic E-state index is 14.0. The molecule has 0 bridgehead atoms. The number of aromatic amines is 1. The van der Waals surface area contributed by atoms with Crippen LogP contribution in [0.5, 0.6) is 0 Å². The van der Waals surface area contributed by atoms with Gasteiger partial charge in [0.25, 0.3) is 5.56 Å². The minimum atomic E-state index is -0.503. The van der Waals surface area contributed by atoms with Crippen LogP contribution >= 0.6 is 11.8 Å². The summed E-state index contributed by atoms with van der Waals surface area (Å²) >= 11 is 0.961. The second-order valence-corrected chi connectivity index (χ2v) is 5.57. The summed E-state index contributed by atoms with van der Waals surface area (Å²) in [6, 6.07) is 5.76. The monoisotopic (exact) mass is 306 g/mol. The molecule has 0 amide bonds. The summed E-state index contributed by atoms with van der Waals surface area (Å²) in [7, 11) is 0. The molecule has 0 aliphatic carbocycles. The van der Waals surface area contributed by atoms with Crippen LogP contribution in [0, 0.1) is 5.82 Å². The van der Waals surface area contributed by atoms with E-state index < -0.39 is 5.82 Å². The highest BCUT2D eigenvalue weighted by atomic mass is 32.2. The number of nitrogens with zero attached hydrogens (tertiary/aromatic N) is 1. The van der Waals surface area contributed by atoms with E-state index in [2.05, 4.69) is 9.97 Å². The number of ketones is 1. The van der Waals surface area contributed by atoms with Crippen LogP contribution in [0.15, 0.2) is 39.1 Å². The first-order valence-electron chi connectivity index (χ1n) is 6.58. The molecule has 0 atom stereocenters. The highest BCUT2D eigenvalue weighted by Gasteiger charge is 2.15. The first-order chi connectivity index (χ1) is 10.0. The highest BCUT2D eigenvalue weighted by molar-refractivity contribution is 7.99. The summed E-state index contributed by atoms with van der Waals surface area (Å²) < 4.78 is 14.0. The van der Waals surface area contributed by atoms with Gasteiger partial charge in [0, 0.05) is 17.3 Å². The van der Waals surface area contributed by atoms with E-state index >= 15 is 0 Å². The Morgan fingerprint density at radius 1 is 1.43 bits per heavy atom. The maximum absolute atomic E-state index is 14.0. The molecule has 21 heavy (non-hydrogen) atoms. The molecule has 2 aromatic rings. The molecule has 1 heterocycles. The van der Waals surface area contributed by atoms with Gasteiger partial charge in [-0.2, -0.15) is 0 Å². The molecule has 1 aromatic heterocycles. The van der Waals surface area contributed by atoms with E-state index in [1.54, 1.807) is 6.07 Å². The average molecular weight is 306 g/mol. The lowest BCUT2D eigenvalue weighted by molar-refractivity contribution is 0.101. The summed E-state index contributed by atoms with van der Waals surface area (Å²) in [4.78, 5) is 30.2. The van der Waals surface area contributed by atoms with Crippen molar-refractivity contribution in [2.24, 2.45) is 0 Å². The predicted octanol–water partition coefficient (Wildman–Crippen LogP) is 3.22. The van der Waals surface area contributed by atoms with Crippen LogP contribution in [-0.4, -0.2) is 15.8 Å². The summed E-state index contributed by atoms with van der Waals surface area (Å²) in [6.45, 7) is 3.36. The Hall–Kier alpha value is -1.95. The van der Waals surface area contributed by atoms with Gasteiger partial charge >= 0.3 is 0 Å². The third kappa shape index (κ3) is 3.78. The molecule has 0 fully saturated rings. The number of benzene rings is 1. The van der Waals surface area contributed by atoms with E-state index in [9.17, 15) is 14.0 Å². The van der Waals surface area contributed by atoms with E-state index in [0.29, 0.717) is 17.3 Å².